The van der Waals surface area contributed by atoms with Gasteiger partial charge in [-0.1, -0.05) is 17.3 Å². The van der Waals surface area contributed by atoms with Crippen LogP contribution in [0.2, 0.25) is 0 Å². The van der Waals surface area contributed by atoms with E-state index < -0.39 is 27.9 Å². The number of fused-ring (bicyclic) bond motifs is 1. The van der Waals surface area contributed by atoms with E-state index in [9.17, 15) is 23.1 Å². The van der Waals surface area contributed by atoms with E-state index in [2.05, 4.69) is 20.6 Å². The van der Waals surface area contributed by atoms with Crippen molar-refractivity contribution in [2.24, 2.45) is 5.14 Å². The van der Waals surface area contributed by atoms with Gasteiger partial charge < -0.3 is 25.0 Å². The summed E-state index contributed by atoms with van der Waals surface area (Å²) in [6.45, 7) is -0.210. The van der Waals surface area contributed by atoms with Gasteiger partial charge in [0.15, 0.2) is 0 Å². The Morgan fingerprint density at radius 1 is 1.13 bits per heavy atom. The van der Waals surface area contributed by atoms with E-state index in [4.69, 9.17) is 19.7 Å². The number of benzene rings is 2. The molecule has 0 fully saturated rings. The predicted octanol–water partition coefficient (Wildman–Crippen LogP) is 0.297. The van der Waals surface area contributed by atoms with Crippen molar-refractivity contribution in [3.05, 3.63) is 59.9 Å². The summed E-state index contributed by atoms with van der Waals surface area (Å²) in [6, 6.07) is 10.4. The smallest absolute Gasteiger partial charge is 0.326 e. The molecule has 206 valence electrons. The number of aliphatic hydroxyl groups is 1. The minimum atomic E-state index is -3.90. The number of sulfonamides is 1. The van der Waals surface area contributed by atoms with Gasteiger partial charge in [0.05, 0.1) is 23.0 Å². The quantitative estimate of drug-likeness (QED) is 0.170. The third-order valence-electron chi connectivity index (χ3n) is 5.22. The van der Waals surface area contributed by atoms with Crippen molar-refractivity contribution in [2.75, 3.05) is 13.2 Å². The monoisotopic (exact) mass is 576 g/mol. The Hall–Kier alpha value is -4.12. The Morgan fingerprint density at radius 3 is 2.56 bits per heavy atom. The van der Waals surface area contributed by atoms with Crippen LogP contribution in [0.15, 0.2) is 53.0 Å². The predicted molar refractivity (Wildman–Crippen MR) is 138 cm³/mol. The largest absolute Gasteiger partial charge is 0.491 e. The van der Waals surface area contributed by atoms with Gasteiger partial charge in [-0.3, -0.25) is 4.79 Å². The van der Waals surface area contributed by atoms with Gasteiger partial charge >= 0.3 is 5.97 Å². The van der Waals surface area contributed by atoms with E-state index in [0.717, 1.165) is 11.3 Å². The van der Waals surface area contributed by atoms with Gasteiger partial charge in [-0.2, -0.15) is 0 Å². The Balaban J connectivity index is 1.30. The van der Waals surface area contributed by atoms with Crippen LogP contribution < -0.4 is 19.9 Å². The molecule has 4 rings (SSSR count). The zero-order valence-electron chi connectivity index (χ0n) is 20.3. The van der Waals surface area contributed by atoms with E-state index in [0.29, 0.717) is 33.0 Å². The molecular weight excluding hydrogens is 552 g/mol. The molecule has 1 atom stereocenters. The number of amides is 1. The number of aliphatic carboxylic acids is 1. The van der Waals surface area contributed by atoms with E-state index in [1.807, 2.05) is 0 Å². The average Bonchev–Trinajstić information content (AvgIpc) is 3.53. The molecule has 0 aliphatic carbocycles. The summed E-state index contributed by atoms with van der Waals surface area (Å²) >= 11 is 0.925. The average molecular weight is 577 g/mol. The first kappa shape index (κ1) is 27.9. The zero-order chi connectivity index (χ0) is 28.0. The molecular formula is C23H24N6O8S2. The van der Waals surface area contributed by atoms with E-state index >= 15 is 0 Å². The van der Waals surface area contributed by atoms with E-state index in [1.165, 1.54) is 10.9 Å². The van der Waals surface area contributed by atoms with E-state index in [-0.39, 0.29) is 37.1 Å². The molecule has 14 nitrogen and oxygen atoms in total. The first-order chi connectivity index (χ1) is 18.6. The zero-order valence-corrected chi connectivity index (χ0v) is 21.9. The van der Waals surface area contributed by atoms with Crippen LogP contribution in [-0.4, -0.2) is 69.7 Å². The highest BCUT2D eigenvalue weighted by atomic mass is 32.2. The Morgan fingerprint density at radius 2 is 1.87 bits per heavy atom. The van der Waals surface area contributed by atoms with Crippen LogP contribution in [0, 0.1) is 0 Å². The molecule has 0 bridgehead atoms. The highest BCUT2D eigenvalue weighted by Crippen LogP contribution is 2.28. The van der Waals surface area contributed by atoms with Gasteiger partial charge in [0.25, 0.3) is 10.0 Å². The van der Waals surface area contributed by atoms with Gasteiger partial charge in [0, 0.05) is 6.42 Å². The van der Waals surface area contributed by atoms with Gasteiger partial charge in [-0.15, -0.1) is 16.4 Å². The number of aromatic nitrogens is 4. The van der Waals surface area contributed by atoms with Crippen molar-refractivity contribution in [3.8, 4) is 11.5 Å². The van der Waals surface area contributed by atoms with E-state index in [1.54, 1.807) is 42.5 Å². The number of hydrogen-bond acceptors (Lipinski definition) is 11. The molecule has 2 aromatic carbocycles. The molecule has 16 heteroatoms. The van der Waals surface area contributed by atoms with Crippen molar-refractivity contribution in [1.82, 2.24) is 25.3 Å². The molecule has 0 spiro atoms. The summed E-state index contributed by atoms with van der Waals surface area (Å²) < 4.78 is 35.6. The second kappa shape index (κ2) is 12.2. The minimum absolute atomic E-state index is 0.0176. The lowest BCUT2D eigenvalue weighted by atomic mass is 10.1. The van der Waals surface area contributed by atoms with Crippen LogP contribution in [0.4, 0.5) is 0 Å². The van der Waals surface area contributed by atoms with Crippen LogP contribution in [0.3, 0.4) is 0 Å². The minimum Gasteiger partial charge on any atom is -0.491 e. The van der Waals surface area contributed by atoms with Crippen LogP contribution in [0.25, 0.3) is 10.2 Å². The first-order valence-electron chi connectivity index (χ1n) is 11.4. The summed E-state index contributed by atoms with van der Waals surface area (Å²) in [6.07, 6.45) is 1.55. The molecule has 0 saturated carbocycles. The van der Waals surface area contributed by atoms with Crippen LogP contribution in [-0.2, 0) is 39.2 Å². The fraction of sp³-hybridized carbons (Fsp3) is 0.261. The molecule has 0 aliphatic rings. The number of rotatable bonds is 13. The lowest BCUT2D eigenvalue weighted by Gasteiger charge is -2.15. The first-order valence-corrected chi connectivity index (χ1v) is 13.8. The van der Waals surface area contributed by atoms with Crippen LogP contribution in [0.1, 0.15) is 11.3 Å². The number of hydrogen-bond donors (Lipinski definition) is 4. The molecule has 5 N–H and O–H groups in total. The normalized spacial score (nSPS) is 12.3. The SMILES string of the molecule is NS(=O)(=O)c1nc2ccc(OCc3cn(CC(=O)NC(Cc4ccc(OCCO)cc4)C(=O)O)nn3)cc2s1. The molecule has 2 heterocycles. The van der Waals surface area contributed by atoms with Crippen LogP contribution in [0.5, 0.6) is 11.5 Å². The Labute approximate surface area is 226 Å². The molecule has 2 aromatic heterocycles. The number of carbonyl (C=O) groups is 2. The summed E-state index contributed by atoms with van der Waals surface area (Å²) in [5.41, 5.74) is 1.56. The van der Waals surface area contributed by atoms with Crippen LogP contribution >= 0.6 is 11.3 Å². The Kier molecular flexibility index (Phi) is 8.70. The number of carboxylic acid groups (broad SMARTS) is 1. The third kappa shape index (κ3) is 7.70. The number of carboxylic acids is 1. The van der Waals surface area contributed by atoms with Crippen molar-refractivity contribution >= 4 is 43.5 Å². The number of ether oxygens (including phenoxy) is 2. The third-order valence-corrected chi connectivity index (χ3v) is 7.56. The number of primary sulfonamides is 1. The highest BCUT2D eigenvalue weighted by Gasteiger charge is 2.21. The fourth-order valence-electron chi connectivity index (χ4n) is 3.44. The maximum absolute atomic E-state index is 12.5. The summed E-state index contributed by atoms with van der Waals surface area (Å²) in [4.78, 5) is 28.2. The lowest BCUT2D eigenvalue weighted by Crippen LogP contribution is -2.43. The highest BCUT2D eigenvalue weighted by molar-refractivity contribution is 7.91. The summed E-state index contributed by atoms with van der Waals surface area (Å²) in [5, 5.41) is 33.8. The second-order valence-electron chi connectivity index (χ2n) is 8.23. The van der Waals surface area contributed by atoms with Crippen molar-refractivity contribution < 1.29 is 37.7 Å². The van der Waals surface area contributed by atoms with Gasteiger partial charge in [0.2, 0.25) is 10.2 Å². The summed E-state index contributed by atoms with van der Waals surface area (Å²) in [7, 11) is -3.90. The molecule has 1 amide bonds. The van der Waals surface area contributed by atoms with Gasteiger partial charge in [-0.05, 0) is 35.9 Å². The maximum Gasteiger partial charge on any atom is 0.326 e. The van der Waals surface area contributed by atoms with Crippen molar-refractivity contribution in [3.63, 3.8) is 0 Å². The standard InChI is InChI=1S/C23H24N6O8S2/c24-39(34,35)23-26-18-6-5-17(10-20(18)38-23)37-13-15-11-29(28-27-15)12-21(31)25-19(22(32)33)9-14-1-3-16(4-2-14)36-8-7-30/h1-6,10-11,19,30H,7-9,12-13H2,(H,25,31)(H,32,33)(H2,24,34,35). The Bertz CT molecular complexity index is 1570. The number of nitrogens with one attached hydrogen (secondary N) is 1. The van der Waals surface area contributed by atoms with Gasteiger partial charge in [0.1, 0.15) is 43.0 Å². The topological polar surface area (TPSA) is 209 Å². The van der Waals surface area contributed by atoms with Gasteiger partial charge in [-0.25, -0.2) is 28.0 Å². The number of aliphatic hydroxyl groups excluding tert-OH is 1. The number of carbonyl (C=O) groups excluding carboxylic acids is 1. The molecule has 4 aromatic rings. The molecule has 39 heavy (non-hydrogen) atoms. The fourth-order valence-corrected chi connectivity index (χ4v) is 5.13. The summed E-state index contributed by atoms with van der Waals surface area (Å²) in [5.74, 6) is -0.777. The second-order valence-corrected chi connectivity index (χ2v) is 11.0. The molecule has 0 radical (unpaired) electrons. The number of nitrogens with two attached hydrogens (primary N) is 1. The molecule has 0 aliphatic heterocycles. The van der Waals surface area contributed by atoms with Crippen molar-refractivity contribution in [2.45, 2.75) is 30.0 Å². The number of nitrogens with zero attached hydrogens (tertiary/aromatic N) is 4. The number of thiazole rings is 1. The molecule has 0 saturated heterocycles. The molecule has 1 unspecified atom stereocenters. The van der Waals surface area contributed by atoms with Crippen molar-refractivity contribution in [1.29, 1.82) is 0 Å². The maximum atomic E-state index is 12.5. The lowest BCUT2D eigenvalue weighted by molar-refractivity contribution is -0.141.